The quantitative estimate of drug-likeness (QED) is 0.776. The van der Waals surface area contributed by atoms with Crippen molar-refractivity contribution >= 4 is 11.6 Å². The fourth-order valence-electron chi connectivity index (χ4n) is 1.84. The summed E-state index contributed by atoms with van der Waals surface area (Å²) in [6.07, 6.45) is 0. The summed E-state index contributed by atoms with van der Waals surface area (Å²) >= 11 is 0. The summed E-state index contributed by atoms with van der Waals surface area (Å²) in [7, 11) is 3.52. The van der Waals surface area contributed by atoms with E-state index in [0.717, 1.165) is 5.56 Å². The topological polar surface area (TPSA) is 58.4 Å². The van der Waals surface area contributed by atoms with E-state index in [9.17, 15) is 9.18 Å². The Bertz CT molecular complexity index is 423. The number of carbonyl (C=O) groups excluding carboxylic acids is 1. The molecule has 100 valence electrons. The van der Waals surface area contributed by atoms with Crippen LogP contribution in [-0.4, -0.2) is 31.4 Å². The van der Waals surface area contributed by atoms with Gasteiger partial charge in [-0.2, -0.15) is 0 Å². The van der Waals surface area contributed by atoms with E-state index in [1.165, 1.54) is 6.07 Å². The minimum atomic E-state index is -0.403. The Morgan fingerprint density at radius 2 is 2.22 bits per heavy atom. The number of amides is 1. The Balaban J connectivity index is 2.56. The predicted octanol–water partition coefficient (Wildman–Crippen LogP) is 1.22. The Morgan fingerprint density at radius 3 is 2.78 bits per heavy atom. The van der Waals surface area contributed by atoms with E-state index in [4.69, 9.17) is 5.73 Å². The fourth-order valence-corrected chi connectivity index (χ4v) is 1.84. The minimum absolute atomic E-state index is 0.00494. The van der Waals surface area contributed by atoms with E-state index in [0.29, 0.717) is 13.1 Å². The first-order valence-corrected chi connectivity index (χ1v) is 5.88. The number of carbonyl (C=O) groups is 1. The largest absolute Gasteiger partial charge is 0.396 e. The normalized spacial score (nSPS) is 12.5. The Hall–Kier alpha value is -1.62. The van der Waals surface area contributed by atoms with Crippen molar-refractivity contribution in [1.82, 2.24) is 10.2 Å². The molecule has 1 aromatic rings. The van der Waals surface area contributed by atoms with Crippen LogP contribution in [0.4, 0.5) is 10.1 Å². The zero-order valence-electron chi connectivity index (χ0n) is 11.0. The number of anilines is 1. The molecule has 1 unspecified atom stereocenters. The molecule has 1 aromatic carbocycles. The third kappa shape index (κ3) is 4.00. The highest BCUT2D eigenvalue weighted by atomic mass is 19.1. The maximum atomic E-state index is 13.3. The van der Waals surface area contributed by atoms with Crippen LogP contribution in [0, 0.1) is 11.7 Å². The lowest BCUT2D eigenvalue weighted by Gasteiger charge is -2.20. The number of nitrogen functional groups attached to an aromatic ring is 1. The zero-order chi connectivity index (χ0) is 13.7. The van der Waals surface area contributed by atoms with Crippen molar-refractivity contribution < 1.29 is 9.18 Å². The second kappa shape index (κ2) is 6.35. The molecule has 0 aliphatic rings. The van der Waals surface area contributed by atoms with Crippen LogP contribution < -0.4 is 11.1 Å². The Morgan fingerprint density at radius 1 is 1.56 bits per heavy atom. The van der Waals surface area contributed by atoms with Gasteiger partial charge in [-0.05, 0) is 24.7 Å². The number of hydrogen-bond acceptors (Lipinski definition) is 3. The molecule has 5 heteroatoms. The molecule has 4 nitrogen and oxygen atoms in total. The monoisotopic (exact) mass is 253 g/mol. The third-order valence-corrected chi connectivity index (χ3v) is 2.80. The van der Waals surface area contributed by atoms with Crippen molar-refractivity contribution in [2.75, 3.05) is 26.4 Å². The first-order valence-electron chi connectivity index (χ1n) is 5.88. The average Bonchev–Trinajstić information content (AvgIpc) is 2.32. The van der Waals surface area contributed by atoms with Crippen molar-refractivity contribution in [1.29, 1.82) is 0 Å². The van der Waals surface area contributed by atoms with E-state index in [2.05, 4.69) is 5.32 Å². The van der Waals surface area contributed by atoms with Crippen LogP contribution in [0.25, 0.3) is 0 Å². The fraction of sp³-hybridized carbons (Fsp3) is 0.462. The van der Waals surface area contributed by atoms with Crippen LogP contribution >= 0.6 is 0 Å². The molecule has 1 amide bonds. The average molecular weight is 253 g/mol. The summed E-state index contributed by atoms with van der Waals surface area (Å²) in [6.45, 7) is 3.06. The van der Waals surface area contributed by atoms with Crippen molar-refractivity contribution in [2.45, 2.75) is 13.5 Å². The molecule has 0 saturated heterocycles. The number of nitrogens with one attached hydrogen (secondary N) is 1. The van der Waals surface area contributed by atoms with Gasteiger partial charge in [-0.15, -0.1) is 0 Å². The molecule has 0 aliphatic carbocycles. The van der Waals surface area contributed by atoms with Crippen LogP contribution in [0.3, 0.4) is 0 Å². The highest BCUT2D eigenvalue weighted by Gasteiger charge is 2.13. The first-order chi connectivity index (χ1) is 8.43. The SMILES string of the molecule is CNC(=O)C(C)CN(C)Cc1ccc(N)c(F)c1. The van der Waals surface area contributed by atoms with Gasteiger partial charge >= 0.3 is 0 Å². The Labute approximate surface area is 107 Å². The summed E-state index contributed by atoms with van der Waals surface area (Å²) < 4.78 is 13.3. The number of nitrogens with two attached hydrogens (primary N) is 1. The highest BCUT2D eigenvalue weighted by Crippen LogP contribution is 2.13. The lowest BCUT2D eigenvalue weighted by Crippen LogP contribution is -2.34. The molecule has 0 aromatic heterocycles. The molecule has 1 rings (SSSR count). The van der Waals surface area contributed by atoms with Crippen LogP contribution in [-0.2, 0) is 11.3 Å². The van der Waals surface area contributed by atoms with Crippen molar-refractivity contribution in [3.63, 3.8) is 0 Å². The molecule has 18 heavy (non-hydrogen) atoms. The van der Waals surface area contributed by atoms with Gasteiger partial charge in [0.15, 0.2) is 0 Å². The Kier molecular flexibility index (Phi) is 5.09. The number of nitrogens with zero attached hydrogens (tertiary/aromatic N) is 1. The molecule has 0 saturated carbocycles. The van der Waals surface area contributed by atoms with E-state index < -0.39 is 5.82 Å². The summed E-state index contributed by atoms with van der Waals surface area (Å²) in [5.74, 6) is -0.496. The smallest absolute Gasteiger partial charge is 0.223 e. The van der Waals surface area contributed by atoms with Gasteiger partial charge in [0.2, 0.25) is 5.91 Å². The minimum Gasteiger partial charge on any atom is -0.396 e. The molecule has 0 heterocycles. The van der Waals surface area contributed by atoms with E-state index >= 15 is 0 Å². The van der Waals surface area contributed by atoms with Gasteiger partial charge in [-0.1, -0.05) is 13.0 Å². The summed E-state index contributed by atoms with van der Waals surface area (Å²) in [5.41, 5.74) is 6.41. The van der Waals surface area contributed by atoms with Gasteiger partial charge in [0, 0.05) is 26.1 Å². The number of rotatable bonds is 5. The lowest BCUT2D eigenvalue weighted by molar-refractivity contribution is -0.124. The van der Waals surface area contributed by atoms with Crippen LogP contribution in [0.2, 0.25) is 0 Å². The van der Waals surface area contributed by atoms with Crippen LogP contribution in [0.1, 0.15) is 12.5 Å². The standard InChI is InChI=1S/C13H20FN3O/c1-9(13(18)16-2)7-17(3)8-10-4-5-12(15)11(14)6-10/h4-6,9H,7-8,15H2,1-3H3,(H,16,18). The number of halogens is 1. The summed E-state index contributed by atoms with van der Waals surface area (Å²) in [4.78, 5) is 13.4. The molecule has 0 aliphatic heterocycles. The molecular weight excluding hydrogens is 233 g/mol. The molecule has 1 atom stereocenters. The van der Waals surface area contributed by atoms with Crippen molar-refractivity contribution in [3.05, 3.63) is 29.6 Å². The second-order valence-corrected chi connectivity index (χ2v) is 4.57. The van der Waals surface area contributed by atoms with Gasteiger partial charge in [0.05, 0.1) is 5.69 Å². The number of hydrogen-bond donors (Lipinski definition) is 2. The lowest BCUT2D eigenvalue weighted by atomic mass is 10.1. The molecular formula is C13H20FN3O. The van der Waals surface area contributed by atoms with Gasteiger partial charge < -0.3 is 16.0 Å². The van der Waals surface area contributed by atoms with Crippen molar-refractivity contribution in [3.8, 4) is 0 Å². The van der Waals surface area contributed by atoms with E-state index in [1.807, 2.05) is 18.9 Å². The van der Waals surface area contributed by atoms with Crippen LogP contribution in [0.5, 0.6) is 0 Å². The van der Waals surface area contributed by atoms with E-state index in [-0.39, 0.29) is 17.5 Å². The molecule has 0 fully saturated rings. The third-order valence-electron chi connectivity index (χ3n) is 2.80. The summed E-state index contributed by atoms with van der Waals surface area (Å²) in [6, 6.07) is 4.77. The molecule has 0 spiro atoms. The second-order valence-electron chi connectivity index (χ2n) is 4.57. The first kappa shape index (κ1) is 14.4. The maximum absolute atomic E-state index is 13.3. The van der Waals surface area contributed by atoms with Gasteiger partial charge in [-0.25, -0.2) is 4.39 Å². The van der Waals surface area contributed by atoms with Gasteiger partial charge in [0.1, 0.15) is 5.82 Å². The van der Waals surface area contributed by atoms with Crippen LogP contribution in [0.15, 0.2) is 18.2 Å². The molecule has 0 radical (unpaired) electrons. The highest BCUT2D eigenvalue weighted by molar-refractivity contribution is 5.78. The zero-order valence-corrected chi connectivity index (χ0v) is 11.0. The molecule has 3 N–H and O–H groups in total. The van der Waals surface area contributed by atoms with E-state index in [1.54, 1.807) is 19.2 Å². The predicted molar refractivity (Wildman–Crippen MR) is 70.4 cm³/mol. The maximum Gasteiger partial charge on any atom is 0.223 e. The van der Waals surface area contributed by atoms with Gasteiger partial charge in [0.25, 0.3) is 0 Å². The van der Waals surface area contributed by atoms with Gasteiger partial charge in [-0.3, -0.25) is 4.79 Å². The molecule has 0 bridgehead atoms. The van der Waals surface area contributed by atoms with Crippen molar-refractivity contribution in [2.24, 2.45) is 5.92 Å². The number of benzene rings is 1. The summed E-state index contributed by atoms with van der Waals surface area (Å²) in [5, 5.41) is 2.61.